The van der Waals surface area contributed by atoms with Gasteiger partial charge in [-0.05, 0) is 18.2 Å². The van der Waals surface area contributed by atoms with E-state index in [0.29, 0.717) is 6.07 Å². The van der Waals surface area contributed by atoms with Gasteiger partial charge in [-0.25, -0.2) is 8.78 Å². The fraction of sp³-hybridized carbons (Fsp3) is 0.0769. The van der Waals surface area contributed by atoms with Gasteiger partial charge in [-0.3, -0.25) is 10.1 Å². The summed E-state index contributed by atoms with van der Waals surface area (Å²) in [7, 11) is 0. The molecule has 0 saturated heterocycles. The van der Waals surface area contributed by atoms with Crippen LogP contribution in [0.25, 0.3) is 0 Å². The van der Waals surface area contributed by atoms with Crippen molar-refractivity contribution in [1.29, 1.82) is 0 Å². The van der Waals surface area contributed by atoms with Crippen molar-refractivity contribution in [2.75, 3.05) is 5.32 Å². The van der Waals surface area contributed by atoms with Crippen LogP contribution >= 0.6 is 0 Å². The van der Waals surface area contributed by atoms with Crippen molar-refractivity contribution in [3.63, 3.8) is 0 Å². The highest BCUT2D eigenvalue weighted by Crippen LogP contribution is 2.27. The molecule has 0 aliphatic rings. The van der Waals surface area contributed by atoms with Crippen LogP contribution in [0.15, 0.2) is 36.4 Å². The first kappa shape index (κ1) is 13.9. The maximum absolute atomic E-state index is 13.4. The molecular formula is C13H9F3N2O2. The molecule has 2 aromatic rings. The number of hydrogen-bond acceptors (Lipinski definition) is 3. The molecule has 20 heavy (non-hydrogen) atoms. The van der Waals surface area contributed by atoms with Crippen LogP contribution in [-0.2, 0) is 6.54 Å². The molecule has 0 unspecified atom stereocenters. The van der Waals surface area contributed by atoms with Crippen LogP contribution < -0.4 is 5.32 Å². The second kappa shape index (κ2) is 5.60. The number of nitrogens with one attached hydrogen (secondary N) is 1. The van der Waals surface area contributed by atoms with Crippen molar-refractivity contribution in [3.05, 3.63) is 69.5 Å². The van der Waals surface area contributed by atoms with E-state index in [1.165, 1.54) is 18.2 Å². The molecule has 0 bridgehead atoms. The normalized spacial score (nSPS) is 10.3. The van der Waals surface area contributed by atoms with Crippen molar-refractivity contribution in [2.24, 2.45) is 0 Å². The minimum atomic E-state index is -0.987. The van der Waals surface area contributed by atoms with E-state index in [4.69, 9.17) is 0 Å². The minimum absolute atomic E-state index is 0.0706. The molecule has 0 aliphatic heterocycles. The lowest BCUT2D eigenvalue weighted by Crippen LogP contribution is -2.05. The van der Waals surface area contributed by atoms with Crippen LogP contribution in [0, 0.1) is 27.6 Å². The number of benzene rings is 2. The Balaban J connectivity index is 2.23. The van der Waals surface area contributed by atoms with Crippen molar-refractivity contribution in [2.45, 2.75) is 6.54 Å². The van der Waals surface area contributed by atoms with Crippen LogP contribution in [-0.4, -0.2) is 4.92 Å². The molecule has 0 spiro atoms. The first-order valence-corrected chi connectivity index (χ1v) is 5.59. The monoisotopic (exact) mass is 282 g/mol. The highest BCUT2D eigenvalue weighted by molar-refractivity contribution is 5.62. The van der Waals surface area contributed by atoms with E-state index in [-0.39, 0.29) is 17.8 Å². The average molecular weight is 282 g/mol. The summed E-state index contributed by atoms with van der Waals surface area (Å²) in [6.45, 7) is -0.129. The molecule has 2 aromatic carbocycles. The summed E-state index contributed by atoms with van der Waals surface area (Å²) in [5, 5.41) is 13.3. The summed E-state index contributed by atoms with van der Waals surface area (Å²) in [5.74, 6) is -2.49. The fourth-order valence-corrected chi connectivity index (χ4v) is 1.70. The quantitative estimate of drug-likeness (QED) is 0.688. The van der Waals surface area contributed by atoms with Crippen molar-refractivity contribution >= 4 is 11.4 Å². The Labute approximate surface area is 112 Å². The van der Waals surface area contributed by atoms with E-state index in [9.17, 15) is 23.3 Å². The van der Waals surface area contributed by atoms with E-state index < -0.39 is 28.1 Å². The lowest BCUT2D eigenvalue weighted by Gasteiger charge is -2.08. The zero-order valence-electron chi connectivity index (χ0n) is 10.1. The molecule has 0 amide bonds. The van der Waals surface area contributed by atoms with Gasteiger partial charge >= 0.3 is 5.69 Å². The fourth-order valence-electron chi connectivity index (χ4n) is 1.70. The third-order valence-electron chi connectivity index (χ3n) is 2.65. The van der Waals surface area contributed by atoms with E-state index in [1.807, 2.05) is 0 Å². The number of nitro benzene ring substituents is 1. The SMILES string of the molecule is O=[N+]([O-])c1c(F)cccc1NCc1ccc(F)cc1F. The summed E-state index contributed by atoms with van der Waals surface area (Å²) >= 11 is 0. The van der Waals surface area contributed by atoms with Crippen molar-refractivity contribution in [3.8, 4) is 0 Å². The van der Waals surface area contributed by atoms with Crippen LogP contribution in [0.2, 0.25) is 0 Å². The van der Waals surface area contributed by atoms with Gasteiger partial charge in [0.15, 0.2) is 0 Å². The third kappa shape index (κ3) is 2.87. The van der Waals surface area contributed by atoms with Gasteiger partial charge in [0, 0.05) is 18.2 Å². The van der Waals surface area contributed by atoms with Gasteiger partial charge in [-0.1, -0.05) is 12.1 Å². The van der Waals surface area contributed by atoms with Crippen molar-refractivity contribution in [1.82, 2.24) is 0 Å². The lowest BCUT2D eigenvalue weighted by molar-refractivity contribution is -0.386. The predicted octanol–water partition coefficient (Wildman–Crippen LogP) is 3.62. The summed E-state index contributed by atoms with van der Waals surface area (Å²) in [6.07, 6.45) is 0. The molecule has 1 N–H and O–H groups in total. The van der Waals surface area contributed by atoms with E-state index in [0.717, 1.165) is 12.1 Å². The summed E-state index contributed by atoms with van der Waals surface area (Å²) < 4.78 is 39.5. The molecule has 104 valence electrons. The third-order valence-corrected chi connectivity index (χ3v) is 2.65. The summed E-state index contributed by atoms with van der Waals surface area (Å²) in [4.78, 5) is 9.90. The Bertz CT molecular complexity index is 662. The second-order valence-electron chi connectivity index (χ2n) is 3.98. The minimum Gasteiger partial charge on any atom is -0.375 e. The highest BCUT2D eigenvalue weighted by atomic mass is 19.1. The number of halogens is 3. The van der Waals surface area contributed by atoms with Gasteiger partial charge in [0.05, 0.1) is 4.92 Å². The van der Waals surface area contributed by atoms with Gasteiger partial charge in [-0.2, -0.15) is 4.39 Å². The number of nitrogens with zero attached hydrogens (tertiary/aromatic N) is 1. The smallest absolute Gasteiger partial charge is 0.327 e. The maximum Gasteiger partial charge on any atom is 0.327 e. The Morgan fingerprint density at radius 1 is 1.10 bits per heavy atom. The number of para-hydroxylation sites is 1. The first-order chi connectivity index (χ1) is 9.49. The van der Waals surface area contributed by atoms with Crippen LogP contribution in [0.1, 0.15) is 5.56 Å². The zero-order chi connectivity index (χ0) is 14.7. The van der Waals surface area contributed by atoms with Crippen molar-refractivity contribution < 1.29 is 18.1 Å². The van der Waals surface area contributed by atoms with Crippen LogP contribution in [0.3, 0.4) is 0 Å². The predicted molar refractivity (Wildman–Crippen MR) is 66.7 cm³/mol. The topological polar surface area (TPSA) is 55.2 Å². The summed E-state index contributed by atoms with van der Waals surface area (Å²) in [5.41, 5.74) is -0.668. The number of hydrogen-bond donors (Lipinski definition) is 1. The maximum atomic E-state index is 13.4. The standard InChI is InChI=1S/C13H9F3N2O2/c14-9-5-4-8(11(16)6-9)7-17-12-3-1-2-10(15)13(12)18(19)20/h1-6,17H,7H2. The molecule has 4 nitrogen and oxygen atoms in total. The molecular weight excluding hydrogens is 273 g/mol. The molecule has 0 radical (unpaired) electrons. The molecule has 7 heteroatoms. The van der Waals surface area contributed by atoms with E-state index >= 15 is 0 Å². The Morgan fingerprint density at radius 2 is 1.85 bits per heavy atom. The number of rotatable bonds is 4. The molecule has 0 atom stereocenters. The second-order valence-corrected chi connectivity index (χ2v) is 3.98. The molecule has 0 aromatic heterocycles. The average Bonchev–Trinajstić information content (AvgIpc) is 2.37. The van der Waals surface area contributed by atoms with E-state index in [2.05, 4.69) is 5.32 Å². The van der Waals surface area contributed by atoms with Gasteiger partial charge in [-0.15, -0.1) is 0 Å². The molecule has 0 heterocycles. The molecule has 0 fully saturated rings. The van der Waals surface area contributed by atoms with Gasteiger partial charge in [0.25, 0.3) is 0 Å². The Kier molecular flexibility index (Phi) is 3.88. The summed E-state index contributed by atoms with van der Waals surface area (Å²) in [6, 6.07) is 6.55. The Hall–Kier alpha value is -2.57. The largest absolute Gasteiger partial charge is 0.375 e. The lowest BCUT2D eigenvalue weighted by atomic mass is 10.2. The molecule has 0 saturated carbocycles. The number of nitro groups is 1. The van der Waals surface area contributed by atoms with Gasteiger partial charge < -0.3 is 5.32 Å². The van der Waals surface area contributed by atoms with Crippen LogP contribution in [0.5, 0.6) is 0 Å². The van der Waals surface area contributed by atoms with E-state index in [1.54, 1.807) is 0 Å². The zero-order valence-corrected chi connectivity index (χ0v) is 10.1. The molecule has 2 rings (SSSR count). The highest BCUT2D eigenvalue weighted by Gasteiger charge is 2.19. The van der Waals surface area contributed by atoms with Gasteiger partial charge in [0.2, 0.25) is 5.82 Å². The number of anilines is 1. The van der Waals surface area contributed by atoms with Gasteiger partial charge in [0.1, 0.15) is 17.3 Å². The van der Waals surface area contributed by atoms with Crippen LogP contribution in [0.4, 0.5) is 24.5 Å². The first-order valence-electron chi connectivity index (χ1n) is 5.59. The Morgan fingerprint density at radius 3 is 2.50 bits per heavy atom. The molecule has 0 aliphatic carbocycles.